The topological polar surface area (TPSA) is 12.5 Å². The Morgan fingerprint density at radius 2 is 2.00 bits per heavy atom. The van der Waals surface area contributed by atoms with Gasteiger partial charge in [-0.25, -0.2) is 0 Å². The normalized spacial score (nSPS) is 44.8. The van der Waals surface area contributed by atoms with Crippen LogP contribution in [0, 0.1) is 0 Å². The van der Waals surface area contributed by atoms with Gasteiger partial charge in [-0.05, 0) is 46.2 Å². The summed E-state index contributed by atoms with van der Waals surface area (Å²) >= 11 is 2.21. The van der Waals surface area contributed by atoms with Crippen LogP contribution in [0.3, 0.4) is 0 Å². The fourth-order valence-corrected chi connectivity index (χ4v) is 4.99. The third-order valence-electron chi connectivity index (χ3n) is 3.99. The molecule has 3 aliphatic rings. The maximum atomic E-state index is 5.94. The lowest BCUT2D eigenvalue weighted by atomic mass is 9.96. The summed E-state index contributed by atoms with van der Waals surface area (Å²) in [5.74, 6) is 0. The number of rotatable bonds is 1. The SMILES string of the molecule is CC1(C)CC2(N3CCCC3)SC2CCO1. The summed E-state index contributed by atoms with van der Waals surface area (Å²) in [6.07, 6.45) is 5.27. The molecule has 3 aliphatic heterocycles. The Morgan fingerprint density at radius 3 is 2.73 bits per heavy atom. The molecule has 3 saturated heterocycles. The van der Waals surface area contributed by atoms with Gasteiger partial charge in [0.15, 0.2) is 0 Å². The Kier molecular flexibility index (Phi) is 2.35. The minimum atomic E-state index is 0.0842. The molecular weight excluding hydrogens is 206 g/mol. The first kappa shape index (κ1) is 10.4. The largest absolute Gasteiger partial charge is 0.375 e. The van der Waals surface area contributed by atoms with Crippen LogP contribution in [0.2, 0.25) is 0 Å². The Bertz CT molecular complexity index is 262. The third-order valence-corrected chi connectivity index (χ3v) is 5.74. The Balaban J connectivity index is 1.79. The van der Waals surface area contributed by atoms with Crippen molar-refractivity contribution >= 4 is 11.8 Å². The van der Waals surface area contributed by atoms with Gasteiger partial charge in [0.05, 0.1) is 10.5 Å². The van der Waals surface area contributed by atoms with Crippen molar-refractivity contribution < 1.29 is 4.74 Å². The van der Waals surface area contributed by atoms with Crippen molar-refractivity contribution in [2.45, 2.75) is 55.3 Å². The molecular formula is C12H21NOS. The molecule has 0 spiro atoms. The van der Waals surface area contributed by atoms with Gasteiger partial charge in [-0.15, -0.1) is 11.8 Å². The lowest BCUT2D eigenvalue weighted by Crippen LogP contribution is -2.42. The van der Waals surface area contributed by atoms with Crippen LogP contribution in [0.25, 0.3) is 0 Å². The lowest BCUT2D eigenvalue weighted by molar-refractivity contribution is -0.0241. The van der Waals surface area contributed by atoms with E-state index >= 15 is 0 Å². The molecule has 15 heavy (non-hydrogen) atoms. The molecule has 2 unspecified atom stereocenters. The number of likely N-dealkylation sites (tertiary alicyclic amines) is 1. The maximum absolute atomic E-state index is 5.94. The zero-order valence-corrected chi connectivity index (χ0v) is 10.6. The molecule has 86 valence electrons. The van der Waals surface area contributed by atoms with Crippen molar-refractivity contribution in [2.24, 2.45) is 0 Å². The van der Waals surface area contributed by atoms with Crippen molar-refractivity contribution in [1.82, 2.24) is 4.90 Å². The van der Waals surface area contributed by atoms with E-state index in [1.165, 1.54) is 38.8 Å². The second-order valence-corrected chi connectivity index (χ2v) is 7.23. The van der Waals surface area contributed by atoms with Crippen LogP contribution in [0.4, 0.5) is 0 Å². The third kappa shape index (κ3) is 1.73. The van der Waals surface area contributed by atoms with Crippen LogP contribution >= 0.6 is 11.8 Å². The molecule has 0 aromatic rings. The summed E-state index contributed by atoms with van der Waals surface area (Å²) in [6.45, 7) is 8.11. The van der Waals surface area contributed by atoms with Crippen molar-refractivity contribution in [3.8, 4) is 0 Å². The number of hydrogen-bond donors (Lipinski definition) is 0. The van der Waals surface area contributed by atoms with E-state index in [4.69, 9.17) is 4.74 Å². The molecule has 0 radical (unpaired) electrons. The minimum absolute atomic E-state index is 0.0842. The minimum Gasteiger partial charge on any atom is -0.375 e. The van der Waals surface area contributed by atoms with Gasteiger partial charge in [-0.3, -0.25) is 4.90 Å². The number of nitrogens with zero attached hydrogens (tertiary/aromatic N) is 1. The first-order valence-corrected chi connectivity index (χ1v) is 7.07. The van der Waals surface area contributed by atoms with Crippen LogP contribution in [-0.4, -0.2) is 40.3 Å². The van der Waals surface area contributed by atoms with E-state index in [0.717, 1.165) is 11.9 Å². The highest BCUT2D eigenvalue weighted by molar-refractivity contribution is 8.08. The van der Waals surface area contributed by atoms with Crippen LogP contribution in [0.1, 0.15) is 39.5 Å². The summed E-state index contributed by atoms with van der Waals surface area (Å²) in [5, 5.41) is 0.859. The highest BCUT2D eigenvalue weighted by Crippen LogP contribution is 2.63. The molecule has 0 bridgehead atoms. The van der Waals surface area contributed by atoms with E-state index in [2.05, 4.69) is 30.5 Å². The molecule has 3 heterocycles. The Hall–Kier alpha value is 0.270. The smallest absolute Gasteiger partial charge is 0.0822 e. The van der Waals surface area contributed by atoms with Crippen LogP contribution in [-0.2, 0) is 4.74 Å². The summed E-state index contributed by atoms with van der Waals surface area (Å²) in [4.78, 5) is 3.20. The molecule has 3 rings (SSSR count). The van der Waals surface area contributed by atoms with E-state index in [-0.39, 0.29) is 5.60 Å². The summed E-state index contributed by atoms with van der Waals surface area (Å²) in [7, 11) is 0. The van der Waals surface area contributed by atoms with Crippen molar-refractivity contribution in [3.63, 3.8) is 0 Å². The Labute approximate surface area is 96.7 Å². The van der Waals surface area contributed by atoms with E-state index in [0.29, 0.717) is 4.87 Å². The van der Waals surface area contributed by atoms with Gasteiger partial charge in [-0.2, -0.15) is 0 Å². The van der Waals surface area contributed by atoms with Crippen LogP contribution in [0.5, 0.6) is 0 Å². The van der Waals surface area contributed by atoms with E-state index in [9.17, 15) is 0 Å². The molecule has 0 N–H and O–H groups in total. The number of hydrogen-bond acceptors (Lipinski definition) is 3. The molecule has 0 aromatic carbocycles. The molecule has 0 amide bonds. The highest BCUT2D eigenvalue weighted by atomic mass is 32.2. The van der Waals surface area contributed by atoms with Crippen molar-refractivity contribution in [2.75, 3.05) is 19.7 Å². The molecule has 3 heteroatoms. The lowest BCUT2D eigenvalue weighted by Gasteiger charge is -2.33. The van der Waals surface area contributed by atoms with Gasteiger partial charge < -0.3 is 4.74 Å². The van der Waals surface area contributed by atoms with Gasteiger partial charge in [0.25, 0.3) is 0 Å². The van der Waals surface area contributed by atoms with Crippen molar-refractivity contribution in [1.29, 1.82) is 0 Å². The van der Waals surface area contributed by atoms with Crippen LogP contribution in [0.15, 0.2) is 0 Å². The molecule has 0 aromatic heterocycles. The molecule has 3 fully saturated rings. The Morgan fingerprint density at radius 1 is 1.27 bits per heavy atom. The average molecular weight is 227 g/mol. The van der Waals surface area contributed by atoms with Gasteiger partial charge in [0.1, 0.15) is 0 Å². The predicted molar refractivity (Wildman–Crippen MR) is 64.2 cm³/mol. The zero-order chi connectivity index (χ0) is 10.5. The zero-order valence-electron chi connectivity index (χ0n) is 9.79. The van der Waals surface area contributed by atoms with Crippen LogP contribution < -0.4 is 0 Å². The number of thioether (sulfide) groups is 1. The second kappa shape index (κ2) is 3.38. The standard InChI is InChI=1S/C12H21NOS/c1-11(2)9-12(13-6-3-4-7-13)10(15-12)5-8-14-11/h10H,3-9H2,1-2H3. The molecule has 2 nitrogen and oxygen atoms in total. The van der Waals surface area contributed by atoms with Gasteiger partial charge >= 0.3 is 0 Å². The van der Waals surface area contributed by atoms with Gasteiger partial charge in [-0.1, -0.05) is 0 Å². The van der Waals surface area contributed by atoms with Crippen molar-refractivity contribution in [3.05, 3.63) is 0 Å². The molecule has 0 saturated carbocycles. The van der Waals surface area contributed by atoms with Gasteiger partial charge in [0, 0.05) is 18.3 Å². The summed E-state index contributed by atoms with van der Waals surface area (Å²) < 4.78 is 5.94. The molecule has 2 atom stereocenters. The number of ether oxygens (including phenoxy) is 1. The average Bonchev–Trinajstić information content (AvgIpc) is 2.64. The maximum Gasteiger partial charge on any atom is 0.0822 e. The molecule has 0 aliphatic carbocycles. The monoisotopic (exact) mass is 227 g/mol. The second-order valence-electron chi connectivity index (χ2n) is 5.72. The fraction of sp³-hybridized carbons (Fsp3) is 1.00. The first-order valence-electron chi connectivity index (χ1n) is 6.19. The van der Waals surface area contributed by atoms with E-state index in [1.54, 1.807) is 0 Å². The predicted octanol–water partition coefficient (Wildman–Crippen LogP) is 2.48. The summed E-state index contributed by atoms with van der Waals surface area (Å²) in [6, 6.07) is 0. The number of fused-ring (bicyclic) bond motifs is 1. The summed E-state index contributed by atoms with van der Waals surface area (Å²) in [5.41, 5.74) is 0.0842. The fourth-order valence-electron chi connectivity index (χ4n) is 3.24. The first-order chi connectivity index (χ1) is 7.12. The van der Waals surface area contributed by atoms with E-state index in [1.807, 2.05) is 0 Å². The van der Waals surface area contributed by atoms with Gasteiger partial charge in [0.2, 0.25) is 0 Å². The van der Waals surface area contributed by atoms with E-state index < -0.39 is 0 Å². The quantitative estimate of drug-likeness (QED) is 0.639. The highest BCUT2D eigenvalue weighted by Gasteiger charge is 2.62.